The van der Waals surface area contributed by atoms with Crippen LogP contribution in [0.15, 0.2) is 71.6 Å². The van der Waals surface area contributed by atoms with E-state index in [1.807, 2.05) is 32.0 Å². The van der Waals surface area contributed by atoms with E-state index in [0.29, 0.717) is 29.3 Å². The van der Waals surface area contributed by atoms with Gasteiger partial charge in [-0.2, -0.15) is 0 Å². The molecule has 1 atom stereocenters. The Morgan fingerprint density at radius 3 is 2.29 bits per heavy atom. The van der Waals surface area contributed by atoms with Gasteiger partial charge in [-0.3, -0.25) is 9.52 Å². The van der Waals surface area contributed by atoms with Gasteiger partial charge in [0.05, 0.1) is 16.7 Å². The lowest BCUT2D eigenvalue weighted by molar-refractivity contribution is 0.0679. The summed E-state index contributed by atoms with van der Waals surface area (Å²) in [4.78, 5) is 12.7. The first-order chi connectivity index (χ1) is 16.3. The number of sulfonamides is 1. The Balaban J connectivity index is 1.36. The van der Waals surface area contributed by atoms with Crippen LogP contribution in [-0.4, -0.2) is 33.6 Å². The number of benzene rings is 3. The lowest BCUT2D eigenvalue weighted by Crippen LogP contribution is -2.16. The van der Waals surface area contributed by atoms with Crippen molar-refractivity contribution in [2.24, 2.45) is 0 Å². The molecule has 0 aliphatic carbocycles. The largest absolute Gasteiger partial charge is 0.491 e. The van der Waals surface area contributed by atoms with Crippen molar-refractivity contribution in [3.63, 3.8) is 0 Å². The van der Waals surface area contributed by atoms with Crippen LogP contribution in [-0.2, 0) is 14.8 Å². The number of anilines is 2. The molecule has 8 heteroatoms. The summed E-state index contributed by atoms with van der Waals surface area (Å²) in [5, 5.41) is 2.79. The van der Waals surface area contributed by atoms with Crippen molar-refractivity contribution in [3.05, 3.63) is 83.4 Å². The minimum Gasteiger partial charge on any atom is -0.491 e. The molecule has 4 rings (SSSR count). The van der Waals surface area contributed by atoms with Gasteiger partial charge < -0.3 is 14.8 Å². The molecule has 1 aliphatic rings. The molecule has 1 heterocycles. The van der Waals surface area contributed by atoms with Gasteiger partial charge in [0.2, 0.25) is 0 Å². The average molecular weight is 481 g/mol. The second-order valence-corrected chi connectivity index (χ2v) is 10.0. The molecular weight excluding hydrogens is 452 g/mol. The van der Waals surface area contributed by atoms with Gasteiger partial charge in [0.15, 0.2) is 0 Å². The minimum absolute atomic E-state index is 0.112. The second-order valence-electron chi connectivity index (χ2n) is 8.32. The topological polar surface area (TPSA) is 93.7 Å². The Labute approximate surface area is 200 Å². The quantitative estimate of drug-likeness (QED) is 0.478. The molecule has 178 valence electrons. The first-order valence-corrected chi connectivity index (χ1v) is 12.6. The number of hydrogen-bond acceptors (Lipinski definition) is 5. The maximum Gasteiger partial charge on any atom is 0.261 e. The van der Waals surface area contributed by atoms with E-state index in [9.17, 15) is 13.2 Å². The maximum absolute atomic E-state index is 12.8. The molecule has 0 radical (unpaired) electrons. The number of aryl methyl sites for hydroxylation is 2. The molecule has 1 unspecified atom stereocenters. The monoisotopic (exact) mass is 480 g/mol. The van der Waals surface area contributed by atoms with Crippen molar-refractivity contribution in [1.29, 1.82) is 0 Å². The molecule has 2 N–H and O–H groups in total. The van der Waals surface area contributed by atoms with E-state index in [2.05, 4.69) is 10.0 Å². The first kappa shape index (κ1) is 23.8. The van der Waals surface area contributed by atoms with Crippen molar-refractivity contribution < 1.29 is 22.7 Å². The Hall–Kier alpha value is -3.36. The van der Waals surface area contributed by atoms with Crippen molar-refractivity contribution in [2.75, 3.05) is 23.3 Å². The molecule has 1 amide bonds. The minimum atomic E-state index is -3.76. The summed E-state index contributed by atoms with van der Waals surface area (Å²) in [6.45, 7) is 4.99. The molecule has 0 bridgehead atoms. The first-order valence-electron chi connectivity index (χ1n) is 11.2. The third kappa shape index (κ3) is 5.76. The van der Waals surface area contributed by atoms with E-state index in [1.54, 1.807) is 36.4 Å². The molecule has 0 saturated carbocycles. The number of carbonyl (C=O) groups is 1. The zero-order valence-electron chi connectivity index (χ0n) is 19.2. The van der Waals surface area contributed by atoms with Gasteiger partial charge >= 0.3 is 0 Å². The smallest absolute Gasteiger partial charge is 0.261 e. The molecule has 0 spiro atoms. The highest BCUT2D eigenvalue weighted by atomic mass is 32.2. The van der Waals surface area contributed by atoms with Gasteiger partial charge in [-0.15, -0.1) is 0 Å². The number of ether oxygens (including phenoxy) is 2. The predicted octanol–water partition coefficient (Wildman–Crippen LogP) is 4.91. The van der Waals surface area contributed by atoms with Gasteiger partial charge in [-0.25, -0.2) is 8.42 Å². The van der Waals surface area contributed by atoms with E-state index in [4.69, 9.17) is 9.47 Å². The van der Waals surface area contributed by atoms with Crippen LogP contribution >= 0.6 is 0 Å². The molecule has 1 aliphatic heterocycles. The van der Waals surface area contributed by atoms with Gasteiger partial charge in [0, 0.05) is 17.9 Å². The zero-order valence-corrected chi connectivity index (χ0v) is 20.0. The van der Waals surface area contributed by atoms with Crippen LogP contribution in [0.1, 0.15) is 34.3 Å². The lowest BCUT2D eigenvalue weighted by Gasteiger charge is -2.14. The van der Waals surface area contributed by atoms with Crippen LogP contribution in [0.4, 0.5) is 11.4 Å². The molecule has 3 aromatic rings. The highest BCUT2D eigenvalue weighted by Gasteiger charge is 2.18. The van der Waals surface area contributed by atoms with E-state index in [1.165, 1.54) is 12.1 Å². The lowest BCUT2D eigenvalue weighted by atomic mass is 10.1. The van der Waals surface area contributed by atoms with Gasteiger partial charge in [0.25, 0.3) is 15.9 Å². The fraction of sp³-hybridized carbons (Fsp3) is 0.269. The number of nitrogens with one attached hydrogen (secondary N) is 2. The molecule has 34 heavy (non-hydrogen) atoms. The van der Waals surface area contributed by atoms with E-state index in [-0.39, 0.29) is 16.9 Å². The number of para-hydroxylation sites is 1. The van der Waals surface area contributed by atoms with Crippen LogP contribution in [0.25, 0.3) is 0 Å². The SMILES string of the molecule is Cc1cccc(C)c1NS(=O)(=O)c1ccc(NC(=O)c2ccc(OCC3CCCO3)cc2)cc1. The fourth-order valence-corrected chi connectivity index (χ4v) is 4.96. The standard InChI is InChI=1S/C26H28N2O5S/c1-18-5-3-6-19(2)25(18)28-34(30,31)24-14-10-21(11-15-24)27-26(29)20-8-12-22(13-9-20)33-17-23-7-4-16-32-23/h3,5-6,8-15,23,28H,4,7,16-17H2,1-2H3,(H,27,29). The highest BCUT2D eigenvalue weighted by molar-refractivity contribution is 7.92. The summed E-state index contributed by atoms with van der Waals surface area (Å²) in [6, 6.07) is 18.5. The van der Waals surface area contributed by atoms with Crippen molar-refractivity contribution in [2.45, 2.75) is 37.7 Å². The maximum atomic E-state index is 12.8. The molecular formula is C26H28N2O5S. The summed E-state index contributed by atoms with van der Waals surface area (Å²) in [5.74, 6) is 0.382. The number of hydrogen-bond donors (Lipinski definition) is 2. The Morgan fingerprint density at radius 1 is 1.00 bits per heavy atom. The predicted molar refractivity (Wildman–Crippen MR) is 132 cm³/mol. The Kier molecular flexibility index (Phi) is 7.19. The van der Waals surface area contributed by atoms with Crippen molar-refractivity contribution in [3.8, 4) is 5.75 Å². The van der Waals surface area contributed by atoms with E-state index < -0.39 is 10.0 Å². The summed E-state index contributed by atoms with van der Waals surface area (Å²) in [5.41, 5.74) is 3.22. The van der Waals surface area contributed by atoms with Crippen molar-refractivity contribution >= 4 is 27.3 Å². The molecule has 1 fully saturated rings. The number of rotatable bonds is 8. The fourth-order valence-electron chi connectivity index (χ4n) is 3.76. The average Bonchev–Trinajstić information content (AvgIpc) is 3.35. The molecule has 7 nitrogen and oxygen atoms in total. The van der Waals surface area contributed by atoms with E-state index in [0.717, 1.165) is 30.6 Å². The highest BCUT2D eigenvalue weighted by Crippen LogP contribution is 2.24. The second kappa shape index (κ2) is 10.3. The normalized spacial score (nSPS) is 15.6. The van der Waals surface area contributed by atoms with Gasteiger partial charge in [-0.1, -0.05) is 18.2 Å². The molecule has 3 aromatic carbocycles. The summed E-state index contributed by atoms with van der Waals surface area (Å²) in [7, 11) is -3.76. The summed E-state index contributed by atoms with van der Waals surface area (Å²) < 4.78 is 39.5. The summed E-state index contributed by atoms with van der Waals surface area (Å²) >= 11 is 0. The van der Waals surface area contributed by atoms with Gasteiger partial charge in [-0.05, 0) is 86.3 Å². The van der Waals surface area contributed by atoms with Crippen molar-refractivity contribution in [1.82, 2.24) is 0 Å². The number of carbonyl (C=O) groups excluding carboxylic acids is 1. The number of amides is 1. The van der Waals surface area contributed by atoms with Crippen LogP contribution < -0.4 is 14.8 Å². The molecule has 0 aromatic heterocycles. The van der Waals surface area contributed by atoms with Crippen LogP contribution in [0.5, 0.6) is 5.75 Å². The van der Waals surface area contributed by atoms with Crippen LogP contribution in [0.3, 0.4) is 0 Å². The zero-order chi connectivity index (χ0) is 24.1. The van der Waals surface area contributed by atoms with Crippen LogP contribution in [0, 0.1) is 13.8 Å². The summed E-state index contributed by atoms with van der Waals surface area (Å²) in [6.07, 6.45) is 2.19. The van der Waals surface area contributed by atoms with E-state index >= 15 is 0 Å². The third-order valence-electron chi connectivity index (χ3n) is 5.72. The Morgan fingerprint density at radius 2 is 1.68 bits per heavy atom. The Bertz CT molecular complexity index is 1230. The molecule has 1 saturated heterocycles. The van der Waals surface area contributed by atoms with Gasteiger partial charge in [0.1, 0.15) is 12.4 Å². The third-order valence-corrected chi connectivity index (χ3v) is 7.08. The van der Waals surface area contributed by atoms with Crippen LogP contribution in [0.2, 0.25) is 0 Å².